The van der Waals surface area contributed by atoms with Crippen LogP contribution in [0.5, 0.6) is 0 Å². The van der Waals surface area contributed by atoms with Crippen LogP contribution >= 0.6 is 0 Å². The summed E-state index contributed by atoms with van der Waals surface area (Å²) in [5, 5.41) is 5.44. The molecule has 0 aliphatic carbocycles. The van der Waals surface area contributed by atoms with E-state index < -0.39 is 0 Å². The SMILES string of the molecule is C#Cc1cccc(NC(=O)CNC(=O)[C@@H]2CCCN(c3ncccn3)C2)c1. The van der Waals surface area contributed by atoms with Crippen LogP contribution in [0, 0.1) is 18.3 Å². The summed E-state index contributed by atoms with van der Waals surface area (Å²) in [6.07, 6.45) is 10.4. The molecule has 0 radical (unpaired) electrons. The van der Waals surface area contributed by atoms with Crippen molar-refractivity contribution in [3.05, 3.63) is 48.3 Å². The van der Waals surface area contributed by atoms with Crippen LogP contribution in [0.1, 0.15) is 18.4 Å². The monoisotopic (exact) mass is 363 g/mol. The average Bonchev–Trinajstić information content (AvgIpc) is 2.73. The Bertz CT molecular complexity index is 847. The third-order valence-electron chi connectivity index (χ3n) is 4.36. The van der Waals surface area contributed by atoms with E-state index >= 15 is 0 Å². The van der Waals surface area contributed by atoms with Crippen molar-refractivity contribution < 1.29 is 9.59 Å². The molecule has 0 bridgehead atoms. The molecule has 1 aromatic carbocycles. The lowest BCUT2D eigenvalue weighted by Crippen LogP contribution is -2.45. The highest BCUT2D eigenvalue weighted by molar-refractivity contribution is 5.95. The van der Waals surface area contributed by atoms with Crippen molar-refractivity contribution in [3.8, 4) is 12.3 Å². The summed E-state index contributed by atoms with van der Waals surface area (Å²) >= 11 is 0. The van der Waals surface area contributed by atoms with Gasteiger partial charge in [0.05, 0.1) is 12.5 Å². The second-order valence-corrected chi connectivity index (χ2v) is 6.33. The van der Waals surface area contributed by atoms with Crippen LogP contribution in [-0.2, 0) is 9.59 Å². The van der Waals surface area contributed by atoms with Crippen molar-refractivity contribution >= 4 is 23.5 Å². The molecule has 138 valence electrons. The van der Waals surface area contributed by atoms with Crippen LogP contribution in [0.4, 0.5) is 11.6 Å². The van der Waals surface area contributed by atoms with E-state index in [9.17, 15) is 9.59 Å². The molecule has 0 saturated carbocycles. The van der Waals surface area contributed by atoms with E-state index in [1.54, 1.807) is 42.7 Å². The van der Waals surface area contributed by atoms with E-state index in [0.29, 0.717) is 23.7 Å². The Morgan fingerprint density at radius 3 is 2.85 bits per heavy atom. The van der Waals surface area contributed by atoms with E-state index in [4.69, 9.17) is 6.42 Å². The summed E-state index contributed by atoms with van der Waals surface area (Å²) in [5.41, 5.74) is 1.29. The Kier molecular flexibility index (Phi) is 6.00. The molecule has 2 amide bonds. The first-order valence-corrected chi connectivity index (χ1v) is 8.82. The number of carbonyl (C=O) groups excluding carboxylic acids is 2. The summed E-state index contributed by atoms with van der Waals surface area (Å²) in [5.74, 6) is 2.52. The summed E-state index contributed by atoms with van der Waals surface area (Å²) in [7, 11) is 0. The molecule has 1 aliphatic rings. The zero-order chi connectivity index (χ0) is 19.1. The van der Waals surface area contributed by atoms with E-state index in [2.05, 4.69) is 26.5 Å². The van der Waals surface area contributed by atoms with Crippen LogP contribution < -0.4 is 15.5 Å². The van der Waals surface area contributed by atoms with Crippen molar-refractivity contribution in [1.82, 2.24) is 15.3 Å². The van der Waals surface area contributed by atoms with Gasteiger partial charge < -0.3 is 15.5 Å². The maximum atomic E-state index is 12.4. The number of benzene rings is 1. The van der Waals surface area contributed by atoms with Crippen LogP contribution in [0.25, 0.3) is 0 Å². The lowest BCUT2D eigenvalue weighted by Gasteiger charge is -2.31. The maximum Gasteiger partial charge on any atom is 0.243 e. The van der Waals surface area contributed by atoms with Gasteiger partial charge in [0, 0.05) is 36.7 Å². The number of piperidine rings is 1. The van der Waals surface area contributed by atoms with Gasteiger partial charge in [-0.1, -0.05) is 12.0 Å². The molecule has 3 rings (SSSR count). The first-order chi connectivity index (χ1) is 13.2. The number of nitrogens with one attached hydrogen (secondary N) is 2. The molecule has 0 unspecified atom stereocenters. The van der Waals surface area contributed by atoms with Crippen LogP contribution in [-0.4, -0.2) is 41.4 Å². The molecule has 1 aromatic heterocycles. The predicted molar refractivity (Wildman–Crippen MR) is 103 cm³/mol. The summed E-state index contributed by atoms with van der Waals surface area (Å²) in [6, 6.07) is 8.77. The minimum Gasteiger partial charge on any atom is -0.347 e. The zero-order valence-electron chi connectivity index (χ0n) is 14.9. The fraction of sp³-hybridized carbons (Fsp3) is 0.300. The molecule has 2 aromatic rings. The smallest absolute Gasteiger partial charge is 0.243 e. The van der Waals surface area contributed by atoms with Gasteiger partial charge in [-0.2, -0.15) is 0 Å². The molecule has 2 N–H and O–H groups in total. The van der Waals surface area contributed by atoms with Crippen LogP contribution in [0.15, 0.2) is 42.7 Å². The van der Waals surface area contributed by atoms with Gasteiger partial charge in [-0.15, -0.1) is 6.42 Å². The maximum absolute atomic E-state index is 12.4. The van der Waals surface area contributed by atoms with Crippen LogP contribution in [0.2, 0.25) is 0 Å². The zero-order valence-corrected chi connectivity index (χ0v) is 14.9. The van der Waals surface area contributed by atoms with Crippen molar-refractivity contribution in [3.63, 3.8) is 0 Å². The largest absolute Gasteiger partial charge is 0.347 e. The quantitative estimate of drug-likeness (QED) is 0.785. The average molecular weight is 363 g/mol. The van der Waals surface area contributed by atoms with Crippen LogP contribution in [0.3, 0.4) is 0 Å². The van der Waals surface area contributed by atoms with E-state index in [0.717, 1.165) is 19.4 Å². The highest BCUT2D eigenvalue weighted by atomic mass is 16.2. The fourth-order valence-corrected chi connectivity index (χ4v) is 3.03. The molecule has 0 spiro atoms. The molecule has 1 atom stereocenters. The van der Waals surface area contributed by atoms with Gasteiger partial charge >= 0.3 is 0 Å². The summed E-state index contributed by atoms with van der Waals surface area (Å²) in [4.78, 5) is 35.0. The topological polar surface area (TPSA) is 87.2 Å². The van der Waals surface area contributed by atoms with Gasteiger partial charge in [0.15, 0.2) is 0 Å². The number of rotatable bonds is 5. The van der Waals surface area contributed by atoms with Crippen molar-refractivity contribution in [2.45, 2.75) is 12.8 Å². The number of hydrogen-bond donors (Lipinski definition) is 2. The molecule has 7 nitrogen and oxygen atoms in total. The van der Waals surface area contributed by atoms with Crippen molar-refractivity contribution in [2.75, 3.05) is 29.9 Å². The minimum atomic E-state index is -0.295. The third-order valence-corrected chi connectivity index (χ3v) is 4.36. The van der Waals surface area contributed by atoms with Gasteiger partial charge in [-0.25, -0.2) is 9.97 Å². The van der Waals surface area contributed by atoms with Gasteiger partial charge in [-0.05, 0) is 37.1 Å². The predicted octanol–water partition coefficient (Wildman–Crippen LogP) is 1.43. The van der Waals surface area contributed by atoms with Gasteiger partial charge in [0.1, 0.15) is 0 Å². The first-order valence-electron chi connectivity index (χ1n) is 8.82. The highest BCUT2D eigenvalue weighted by Crippen LogP contribution is 2.20. The van der Waals surface area contributed by atoms with Crippen molar-refractivity contribution in [2.24, 2.45) is 5.92 Å². The Morgan fingerprint density at radius 1 is 1.26 bits per heavy atom. The number of hydrogen-bond acceptors (Lipinski definition) is 5. The number of anilines is 2. The fourth-order valence-electron chi connectivity index (χ4n) is 3.03. The molecular formula is C20H21N5O2. The summed E-state index contributed by atoms with van der Waals surface area (Å²) in [6.45, 7) is 1.28. The van der Waals surface area contributed by atoms with Gasteiger partial charge in [0.25, 0.3) is 0 Å². The number of amides is 2. The molecule has 27 heavy (non-hydrogen) atoms. The summed E-state index contributed by atoms with van der Waals surface area (Å²) < 4.78 is 0. The highest BCUT2D eigenvalue weighted by Gasteiger charge is 2.27. The standard InChI is InChI=1S/C20H21N5O2/c1-2-15-6-3-8-17(12-15)24-18(26)13-23-19(27)16-7-4-11-25(14-16)20-21-9-5-10-22-20/h1,3,5-6,8-10,12,16H,4,7,11,13-14H2,(H,23,27)(H,24,26)/t16-/m1/s1. The van der Waals surface area contributed by atoms with Gasteiger partial charge in [-0.3, -0.25) is 9.59 Å². The normalized spacial score (nSPS) is 16.3. The van der Waals surface area contributed by atoms with Gasteiger partial charge in [0.2, 0.25) is 17.8 Å². The molecule has 2 heterocycles. The molecule has 1 saturated heterocycles. The number of aromatic nitrogens is 2. The Morgan fingerprint density at radius 2 is 2.07 bits per heavy atom. The molecule has 1 aliphatic heterocycles. The molecular weight excluding hydrogens is 342 g/mol. The second kappa shape index (κ2) is 8.81. The number of nitrogens with zero attached hydrogens (tertiary/aromatic N) is 3. The van der Waals surface area contributed by atoms with E-state index in [-0.39, 0.29) is 24.3 Å². The van der Waals surface area contributed by atoms with E-state index in [1.807, 2.05) is 4.90 Å². The lowest BCUT2D eigenvalue weighted by atomic mass is 9.97. The third kappa shape index (κ3) is 5.05. The lowest BCUT2D eigenvalue weighted by molar-refractivity contribution is -0.127. The van der Waals surface area contributed by atoms with Crippen molar-refractivity contribution in [1.29, 1.82) is 0 Å². The second-order valence-electron chi connectivity index (χ2n) is 6.33. The number of terminal acetylenes is 1. The molecule has 1 fully saturated rings. The number of carbonyl (C=O) groups is 2. The minimum absolute atomic E-state index is 0.0859. The first kappa shape index (κ1) is 18.4. The molecule has 7 heteroatoms. The Balaban J connectivity index is 1.49. The Hall–Kier alpha value is -3.40. The Labute approximate surface area is 158 Å². The van der Waals surface area contributed by atoms with E-state index in [1.165, 1.54) is 0 Å².